The lowest BCUT2D eigenvalue weighted by Crippen LogP contribution is -2.16. The van der Waals surface area contributed by atoms with Gasteiger partial charge < -0.3 is 10.2 Å². The number of nitrogens with one attached hydrogen (secondary N) is 1. The molecule has 2 aromatic rings. The minimum Gasteiger partial charge on any atom is -0.354 e. The predicted octanol–water partition coefficient (Wildman–Crippen LogP) is 2.96. The van der Waals surface area contributed by atoms with E-state index in [-0.39, 0.29) is 5.28 Å². The predicted molar refractivity (Wildman–Crippen MR) is 80.7 cm³/mol. The molecule has 0 unspecified atom stereocenters. The molecule has 102 valence electrons. The molecule has 0 aromatic carbocycles. The van der Waals surface area contributed by atoms with Crippen molar-refractivity contribution in [2.24, 2.45) is 0 Å². The van der Waals surface area contributed by atoms with Crippen molar-refractivity contribution in [1.82, 2.24) is 15.0 Å². The second kappa shape index (κ2) is 6.36. The van der Waals surface area contributed by atoms with Crippen LogP contribution in [0.1, 0.15) is 4.88 Å². The Hall–Kier alpha value is -1.11. The van der Waals surface area contributed by atoms with Crippen molar-refractivity contribution in [2.45, 2.75) is 6.42 Å². The van der Waals surface area contributed by atoms with E-state index in [9.17, 15) is 0 Å². The van der Waals surface area contributed by atoms with Crippen LogP contribution in [0.2, 0.25) is 9.62 Å². The average Bonchev–Trinajstić information content (AvgIpc) is 2.74. The van der Waals surface area contributed by atoms with Gasteiger partial charge in [0.2, 0.25) is 17.2 Å². The average molecular weight is 318 g/mol. The molecule has 2 aromatic heterocycles. The van der Waals surface area contributed by atoms with Gasteiger partial charge in [-0.15, -0.1) is 11.3 Å². The van der Waals surface area contributed by atoms with Crippen LogP contribution in [0.4, 0.5) is 11.9 Å². The number of aromatic nitrogens is 3. The molecule has 0 aliphatic carbocycles. The number of hydrogen-bond acceptors (Lipinski definition) is 6. The molecule has 8 heteroatoms. The van der Waals surface area contributed by atoms with Crippen LogP contribution in [0.3, 0.4) is 0 Å². The Bertz CT molecular complexity index is 558. The lowest BCUT2D eigenvalue weighted by molar-refractivity contribution is 0.933. The summed E-state index contributed by atoms with van der Waals surface area (Å²) in [7, 11) is 3.70. The standard InChI is InChI=1S/C11H13Cl2N5S/c1-18(2)11-16-9(13)15-10(17-11)14-6-5-7-3-4-8(12)19-7/h3-4H,5-6H2,1-2H3,(H,14,15,16,17). The first-order chi connectivity index (χ1) is 9.04. The molecule has 2 heterocycles. The van der Waals surface area contributed by atoms with Crippen LogP contribution in [-0.2, 0) is 6.42 Å². The van der Waals surface area contributed by atoms with Crippen LogP contribution in [0.5, 0.6) is 0 Å². The molecule has 0 aliphatic heterocycles. The Morgan fingerprint density at radius 3 is 2.63 bits per heavy atom. The minimum atomic E-state index is 0.181. The molecule has 0 bridgehead atoms. The SMILES string of the molecule is CN(C)c1nc(Cl)nc(NCCc2ccc(Cl)s2)n1. The molecule has 0 amide bonds. The molecular weight excluding hydrogens is 305 g/mol. The summed E-state index contributed by atoms with van der Waals surface area (Å²) in [5.74, 6) is 1.01. The Kier molecular flexibility index (Phi) is 4.79. The molecule has 0 saturated heterocycles. The number of thiophene rings is 1. The van der Waals surface area contributed by atoms with E-state index in [1.165, 1.54) is 4.88 Å². The summed E-state index contributed by atoms with van der Waals surface area (Å²) in [6.45, 7) is 0.712. The maximum Gasteiger partial charge on any atom is 0.230 e. The van der Waals surface area contributed by atoms with E-state index in [1.807, 2.05) is 26.2 Å². The molecule has 0 saturated carbocycles. The number of halogens is 2. The van der Waals surface area contributed by atoms with Crippen LogP contribution < -0.4 is 10.2 Å². The fourth-order valence-electron chi connectivity index (χ4n) is 1.40. The van der Waals surface area contributed by atoms with Crippen LogP contribution in [0.15, 0.2) is 12.1 Å². The third-order valence-corrected chi connectivity index (χ3v) is 3.74. The monoisotopic (exact) mass is 317 g/mol. The van der Waals surface area contributed by atoms with Crippen molar-refractivity contribution in [1.29, 1.82) is 0 Å². The fraction of sp³-hybridized carbons (Fsp3) is 0.364. The third-order valence-electron chi connectivity index (χ3n) is 2.28. The van der Waals surface area contributed by atoms with Crippen LogP contribution in [0.25, 0.3) is 0 Å². The molecule has 0 radical (unpaired) electrons. The zero-order valence-electron chi connectivity index (χ0n) is 10.5. The van der Waals surface area contributed by atoms with E-state index < -0.39 is 0 Å². The topological polar surface area (TPSA) is 53.9 Å². The Morgan fingerprint density at radius 1 is 1.21 bits per heavy atom. The van der Waals surface area contributed by atoms with Gasteiger partial charge in [0.25, 0.3) is 0 Å². The minimum absolute atomic E-state index is 0.181. The van der Waals surface area contributed by atoms with Crippen LogP contribution >= 0.6 is 34.5 Å². The summed E-state index contributed by atoms with van der Waals surface area (Å²) in [6, 6.07) is 3.91. The van der Waals surface area contributed by atoms with Gasteiger partial charge in [0.15, 0.2) is 0 Å². The van der Waals surface area contributed by atoms with E-state index in [4.69, 9.17) is 23.2 Å². The van der Waals surface area contributed by atoms with E-state index >= 15 is 0 Å². The normalized spacial score (nSPS) is 10.5. The van der Waals surface area contributed by atoms with Gasteiger partial charge in [-0.05, 0) is 30.2 Å². The van der Waals surface area contributed by atoms with Crippen molar-refractivity contribution in [2.75, 3.05) is 30.9 Å². The molecule has 0 spiro atoms. The second-order valence-corrected chi connectivity index (χ2v) is 6.14. The molecule has 1 N–H and O–H groups in total. The van der Waals surface area contributed by atoms with E-state index in [1.54, 1.807) is 16.2 Å². The number of hydrogen-bond donors (Lipinski definition) is 1. The summed E-state index contributed by atoms with van der Waals surface area (Å²) >= 11 is 13.3. The summed E-state index contributed by atoms with van der Waals surface area (Å²) in [5.41, 5.74) is 0. The second-order valence-electron chi connectivity index (χ2n) is 4.01. The lowest BCUT2D eigenvalue weighted by atomic mass is 10.3. The largest absolute Gasteiger partial charge is 0.354 e. The van der Waals surface area contributed by atoms with Crippen LogP contribution in [-0.4, -0.2) is 35.6 Å². The Morgan fingerprint density at radius 2 is 2.00 bits per heavy atom. The maximum atomic E-state index is 5.87. The highest BCUT2D eigenvalue weighted by molar-refractivity contribution is 7.16. The fourth-order valence-corrected chi connectivity index (χ4v) is 2.64. The zero-order chi connectivity index (χ0) is 13.8. The molecule has 2 rings (SSSR count). The van der Waals surface area contributed by atoms with Gasteiger partial charge in [-0.3, -0.25) is 0 Å². The molecule has 0 fully saturated rings. The number of nitrogens with zero attached hydrogens (tertiary/aromatic N) is 4. The molecule has 5 nitrogen and oxygen atoms in total. The lowest BCUT2D eigenvalue weighted by Gasteiger charge is -2.11. The number of rotatable bonds is 5. The summed E-state index contributed by atoms with van der Waals surface area (Å²) in [5, 5.41) is 3.31. The van der Waals surface area contributed by atoms with Crippen molar-refractivity contribution < 1.29 is 0 Å². The van der Waals surface area contributed by atoms with Gasteiger partial charge in [0, 0.05) is 25.5 Å². The summed E-state index contributed by atoms with van der Waals surface area (Å²) in [6.07, 6.45) is 0.859. The summed E-state index contributed by atoms with van der Waals surface area (Å²) in [4.78, 5) is 15.3. The Labute approximate surface area is 125 Å². The molecule has 0 aliphatic rings. The van der Waals surface area contributed by atoms with Crippen molar-refractivity contribution in [3.63, 3.8) is 0 Å². The van der Waals surface area contributed by atoms with Crippen molar-refractivity contribution in [3.05, 3.63) is 26.6 Å². The van der Waals surface area contributed by atoms with Gasteiger partial charge in [0.1, 0.15) is 0 Å². The highest BCUT2D eigenvalue weighted by Crippen LogP contribution is 2.21. The maximum absolute atomic E-state index is 5.87. The van der Waals surface area contributed by atoms with Crippen molar-refractivity contribution in [3.8, 4) is 0 Å². The van der Waals surface area contributed by atoms with Gasteiger partial charge in [-0.1, -0.05) is 11.6 Å². The summed E-state index contributed by atoms with van der Waals surface area (Å²) < 4.78 is 0.799. The highest BCUT2D eigenvalue weighted by Gasteiger charge is 2.06. The van der Waals surface area contributed by atoms with Gasteiger partial charge in [-0.2, -0.15) is 15.0 Å². The molecule has 0 atom stereocenters. The van der Waals surface area contributed by atoms with E-state index in [0.717, 1.165) is 10.8 Å². The highest BCUT2D eigenvalue weighted by atomic mass is 35.5. The Balaban J connectivity index is 1.95. The van der Waals surface area contributed by atoms with Gasteiger partial charge in [0.05, 0.1) is 4.34 Å². The van der Waals surface area contributed by atoms with E-state index in [2.05, 4.69) is 20.3 Å². The first-order valence-electron chi connectivity index (χ1n) is 5.61. The molecule has 19 heavy (non-hydrogen) atoms. The van der Waals surface area contributed by atoms with Gasteiger partial charge >= 0.3 is 0 Å². The smallest absolute Gasteiger partial charge is 0.230 e. The van der Waals surface area contributed by atoms with Gasteiger partial charge in [-0.25, -0.2) is 0 Å². The zero-order valence-corrected chi connectivity index (χ0v) is 12.9. The van der Waals surface area contributed by atoms with Crippen LogP contribution in [0, 0.1) is 0 Å². The van der Waals surface area contributed by atoms with Crippen molar-refractivity contribution >= 4 is 46.4 Å². The third kappa shape index (κ3) is 4.19. The first-order valence-corrected chi connectivity index (χ1v) is 7.19. The van der Waals surface area contributed by atoms with E-state index in [0.29, 0.717) is 18.4 Å². The number of anilines is 2. The first kappa shape index (κ1) is 14.3. The molecular formula is C11H13Cl2N5S. The quantitative estimate of drug-likeness (QED) is 0.918.